The van der Waals surface area contributed by atoms with Gasteiger partial charge in [0.1, 0.15) is 17.3 Å². The zero-order valence-corrected chi connectivity index (χ0v) is 14.9. The molecule has 142 valence electrons. The van der Waals surface area contributed by atoms with Crippen molar-refractivity contribution in [3.63, 3.8) is 0 Å². The second-order valence-corrected chi connectivity index (χ2v) is 7.26. The molecule has 0 atom stereocenters. The molecule has 8 nitrogen and oxygen atoms in total. The molecule has 0 saturated heterocycles. The van der Waals surface area contributed by atoms with Crippen LogP contribution in [-0.4, -0.2) is 34.3 Å². The van der Waals surface area contributed by atoms with Crippen LogP contribution in [0.5, 0.6) is 0 Å². The van der Waals surface area contributed by atoms with E-state index in [0.717, 1.165) is 22.9 Å². The Morgan fingerprint density at radius 2 is 1.81 bits per heavy atom. The Hall–Kier alpha value is -2.92. The lowest BCUT2D eigenvalue weighted by atomic mass is 10.3. The van der Waals surface area contributed by atoms with E-state index in [1.165, 1.54) is 11.6 Å². The third-order valence-corrected chi connectivity index (χ3v) is 5.25. The Morgan fingerprint density at radius 1 is 1.11 bits per heavy atom. The topological polar surface area (TPSA) is 98.9 Å². The summed E-state index contributed by atoms with van der Waals surface area (Å²) in [7, 11) is -2.91. The predicted octanol–water partition coefficient (Wildman–Crippen LogP) is 0.900. The molecule has 1 N–H and O–H groups in total. The van der Waals surface area contributed by atoms with E-state index in [9.17, 15) is 22.0 Å². The lowest BCUT2D eigenvalue weighted by molar-refractivity contribution is 0.508. The van der Waals surface area contributed by atoms with E-state index in [4.69, 9.17) is 0 Å². The highest BCUT2D eigenvalue weighted by Gasteiger charge is 2.23. The standard InChI is InChI=1S/C16H15F2N5O3S/c1-22-15(13-7-2-3-8-19-13)21-23(16(22)24)10-9-20-27(25,26)14-11(17)5-4-6-12(14)18/h2-8,20H,9-10H2,1H3. The number of rotatable bonds is 6. The number of nitrogens with one attached hydrogen (secondary N) is 1. The molecule has 27 heavy (non-hydrogen) atoms. The fourth-order valence-corrected chi connectivity index (χ4v) is 3.60. The summed E-state index contributed by atoms with van der Waals surface area (Å²) in [6.07, 6.45) is 1.55. The van der Waals surface area contributed by atoms with Crippen molar-refractivity contribution in [2.45, 2.75) is 11.4 Å². The van der Waals surface area contributed by atoms with Crippen LogP contribution in [0.25, 0.3) is 11.5 Å². The monoisotopic (exact) mass is 395 g/mol. The van der Waals surface area contributed by atoms with E-state index < -0.39 is 32.2 Å². The van der Waals surface area contributed by atoms with Gasteiger partial charge in [-0.25, -0.2) is 31.4 Å². The van der Waals surface area contributed by atoms with Crippen LogP contribution >= 0.6 is 0 Å². The van der Waals surface area contributed by atoms with Gasteiger partial charge in [0.15, 0.2) is 10.7 Å². The highest BCUT2D eigenvalue weighted by atomic mass is 32.2. The number of hydrogen-bond acceptors (Lipinski definition) is 5. The minimum Gasteiger partial charge on any atom is -0.277 e. The van der Waals surface area contributed by atoms with Crippen molar-refractivity contribution < 1.29 is 17.2 Å². The minimum atomic E-state index is -4.42. The largest absolute Gasteiger partial charge is 0.346 e. The summed E-state index contributed by atoms with van der Waals surface area (Å²) < 4.78 is 56.0. The predicted molar refractivity (Wildman–Crippen MR) is 92.2 cm³/mol. The molecule has 0 aliphatic rings. The normalized spacial score (nSPS) is 11.7. The summed E-state index contributed by atoms with van der Waals surface area (Å²) in [5.41, 5.74) is -0.00298. The van der Waals surface area contributed by atoms with Crippen molar-refractivity contribution in [3.8, 4) is 11.5 Å². The summed E-state index contributed by atoms with van der Waals surface area (Å²) in [5.74, 6) is -2.09. The van der Waals surface area contributed by atoms with Gasteiger partial charge in [0.25, 0.3) is 0 Å². The van der Waals surface area contributed by atoms with Gasteiger partial charge < -0.3 is 0 Å². The number of halogens is 2. The molecular formula is C16H15F2N5O3S. The average Bonchev–Trinajstić information content (AvgIpc) is 2.90. The third-order valence-electron chi connectivity index (χ3n) is 3.74. The maximum absolute atomic E-state index is 13.7. The number of benzene rings is 1. The van der Waals surface area contributed by atoms with Crippen molar-refractivity contribution in [1.29, 1.82) is 0 Å². The molecule has 3 rings (SSSR count). The molecule has 2 aromatic heterocycles. The third kappa shape index (κ3) is 3.78. The molecule has 0 amide bonds. The number of hydrogen-bond donors (Lipinski definition) is 1. The first-order valence-corrected chi connectivity index (χ1v) is 9.28. The first kappa shape index (κ1) is 18.9. The maximum atomic E-state index is 13.7. The van der Waals surface area contributed by atoms with Crippen LogP contribution < -0.4 is 10.4 Å². The first-order valence-electron chi connectivity index (χ1n) is 7.80. The molecule has 2 heterocycles. The quantitative estimate of drug-likeness (QED) is 0.669. The van der Waals surface area contributed by atoms with E-state index in [1.54, 1.807) is 24.4 Å². The van der Waals surface area contributed by atoms with Gasteiger partial charge in [-0.3, -0.25) is 9.55 Å². The fraction of sp³-hybridized carbons (Fsp3) is 0.188. The number of sulfonamides is 1. The Labute approximate surface area is 153 Å². The van der Waals surface area contributed by atoms with E-state index in [0.29, 0.717) is 11.5 Å². The smallest absolute Gasteiger partial charge is 0.277 e. The van der Waals surface area contributed by atoms with Crippen molar-refractivity contribution >= 4 is 10.0 Å². The molecule has 0 unspecified atom stereocenters. The molecule has 1 aromatic carbocycles. The van der Waals surface area contributed by atoms with Crippen LogP contribution in [0, 0.1) is 11.6 Å². The highest BCUT2D eigenvalue weighted by molar-refractivity contribution is 7.89. The number of nitrogens with zero attached hydrogens (tertiary/aromatic N) is 4. The van der Waals surface area contributed by atoms with E-state index >= 15 is 0 Å². The average molecular weight is 395 g/mol. The number of pyridine rings is 1. The molecule has 0 spiro atoms. The van der Waals surface area contributed by atoms with Crippen LogP contribution in [0.4, 0.5) is 8.78 Å². The Bertz CT molecular complexity index is 1110. The molecule has 0 saturated carbocycles. The molecule has 0 aliphatic carbocycles. The van der Waals surface area contributed by atoms with Gasteiger partial charge >= 0.3 is 5.69 Å². The van der Waals surface area contributed by atoms with Gasteiger partial charge in [-0.1, -0.05) is 12.1 Å². The van der Waals surface area contributed by atoms with Gasteiger partial charge in [-0.05, 0) is 24.3 Å². The summed E-state index contributed by atoms with van der Waals surface area (Å²) >= 11 is 0. The summed E-state index contributed by atoms with van der Waals surface area (Å²) in [4.78, 5) is 15.3. The molecule has 0 bridgehead atoms. The van der Waals surface area contributed by atoms with Crippen LogP contribution in [0.1, 0.15) is 0 Å². The van der Waals surface area contributed by atoms with Crippen molar-refractivity contribution in [2.75, 3.05) is 6.54 Å². The summed E-state index contributed by atoms with van der Waals surface area (Å²) in [6, 6.07) is 7.89. The molecule has 3 aromatic rings. The minimum absolute atomic E-state index is 0.130. The summed E-state index contributed by atoms with van der Waals surface area (Å²) in [6.45, 7) is -0.413. The second-order valence-electron chi connectivity index (χ2n) is 5.55. The van der Waals surface area contributed by atoms with E-state index in [2.05, 4.69) is 14.8 Å². The first-order chi connectivity index (χ1) is 12.8. The lowest BCUT2D eigenvalue weighted by Crippen LogP contribution is -2.32. The fourth-order valence-electron chi connectivity index (χ4n) is 2.45. The van der Waals surface area contributed by atoms with Crippen molar-refractivity contribution in [3.05, 3.63) is 64.7 Å². The van der Waals surface area contributed by atoms with Crippen LogP contribution in [0.2, 0.25) is 0 Å². The SMILES string of the molecule is Cn1c(-c2ccccn2)nn(CCNS(=O)(=O)c2c(F)cccc2F)c1=O. The lowest BCUT2D eigenvalue weighted by Gasteiger charge is -2.08. The van der Waals surface area contributed by atoms with Crippen molar-refractivity contribution in [2.24, 2.45) is 7.05 Å². The van der Waals surface area contributed by atoms with Gasteiger partial charge in [-0.15, -0.1) is 5.10 Å². The van der Waals surface area contributed by atoms with Crippen LogP contribution in [0.15, 0.2) is 52.3 Å². The zero-order valence-electron chi connectivity index (χ0n) is 14.1. The van der Waals surface area contributed by atoms with Gasteiger partial charge in [0, 0.05) is 19.8 Å². The highest BCUT2D eigenvalue weighted by Crippen LogP contribution is 2.17. The molecule has 11 heteroatoms. The Balaban J connectivity index is 1.77. The molecule has 0 radical (unpaired) electrons. The molecule has 0 aliphatic heterocycles. The van der Waals surface area contributed by atoms with Crippen LogP contribution in [-0.2, 0) is 23.6 Å². The maximum Gasteiger partial charge on any atom is 0.346 e. The van der Waals surface area contributed by atoms with Gasteiger partial charge in [-0.2, -0.15) is 0 Å². The summed E-state index contributed by atoms with van der Waals surface area (Å²) in [5, 5.41) is 4.13. The number of aromatic nitrogens is 4. The zero-order chi connectivity index (χ0) is 19.6. The molecular weight excluding hydrogens is 380 g/mol. The van der Waals surface area contributed by atoms with E-state index in [1.807, 2.05) is 0 Å². The molecule has 0 fully saturated rings. The Morgan fingerprint density at radius 3 is 2.44 bits per heavy atom. The van der Waals surface area contributed by atoms with Gasteiger partial charge in [0.2, 0.25) is 10.0 Å². The Kier molecular flexibility index (Phi) is 5.15. The van der Waals surface area contributed by atoms with Crippen molar-refractivity contribution in [1.82, 2.24) is 24.1 Å². The second kappa shape index (κ2) is 7.37. The van der Waals surface area contributed by atoms with Gasteiger partial charge in [0.05, 0.1) is 6.54 Å². The van der Waals surface area contributed by atoms with Crippen LogP contribution in [0.3, 0.4) is 0 Å². The van der Waals surface area contributed by atoms with E-state index in [-0.39, 0.29) is 13.1 Å².